The van der Waals surface area contributed by atoms with Gasteiger partial charge in [0.25, 0.3) is 17.7 Å². The molecule has 8 heteroatoms. The number of hydrogen-bond acceptors (Lipinski definition) is 6. The number of carbonyl (C=O) groups excluding carboxylic acids is 3. The van der Waals surface area contributed by atoms with Crippen LogP contribution in [0.15, 0.2) is 18.2 Å². The quantitative estimate of drug-likeness (QED) is 0.845. The highest BCUT2D eigenvalue weighted by Crippen LogP contribution is 2.25. The number of anilines is 1. The summed E-state index contributed by atoms with van der Waals surface area (Å²) in [6.07, 6.45) is 0. The monoisotopic (exact) mass is 302 g/mol. The molecular formula is C13H10N4O3S. The van der Waals surface area contributed by atoms with E-state index in [2.05, 4.69) is 14.9 Å². The van der Waals surface area contributed by atoms with Crippen LogP contribution in [-0.2, 0) is 0 Å². The Kier molecular flexibility index (Phi) is 3.02. The van der Waals surface area contributed by atoms with Crippen LogP contribution in [0, 0.1) is 6.92 Å². The fourth-order valence-electron chi connectivity index (χ4n) is 2.07. The number of amides is 3. The van der Waals surface area contributed by atoms with E-state index in [1.165, 1.54) is 19.2 Å². The van der Waals surface area contributed by atoms with Gasteiger partial charge in [-0.1, -0.05) is 4.49 Å². The number of hydrogen-bond donors (Lipinski definition) is 1. The maximum Gasteiger partial charge on any atom is 0.269 e. The molecular weight excluding hydrogens is 292 g/mol. The van der Waals surface area contributed by atoms with Crippen molar-refractivity contribution in [2.24, 2.45) is 0 Å². The van der Waals surface area contributed by atoms with Crippen LogP contribution in [0.4, 0.5) is 5.69 Å². The molecule has 3 amide bonds. The second-order valence-electron chi connectivity index (χ2n) is 4.57. The van der Waals surface area contributed by atoms with Gasteiger partial charge in [0.05, 0.1) is 16.8 Å². The SMILES string of the molecule is Cc1nnsc1C(=O)Nc1ccc2c(c1)C(=O)N(C)C2=O. The number of nitrogens with one attached hydrogen (secondary N) is 1. The summed E-state index contributed by atoms with van der Waals surface area (Å²) in [6, 6.07) is 4.62. The van der Waals surface area contributed by atoms with Crippen molar-refractivity contribution in [2.75, 3.05) is 12.4 Å². The van der Waals surface area contributed by atoms with Crippen molar-refractivity contribution in [3.63, 3.8) is 0 Å². The zero-order valence-electron chi connectivity index (χ0n) is 11.2. The van der Waals surface area contributed by atoms with Gasteiger partial charge in [0.2, 0.25) is 0 Å². The molecule has 1 aromatic heterocycles. The topological polar surface area (TPSA) is 92.3 Å². The Balaban J connectivity index is 1.89. The van der Waals surface area contributed by atoms with Gasteiger partial charge in [-0.2, -0.15) is 0 Å². The van der Waals surface area contributed by atoms with Crippen molar-refractivity contribution < 1.29 is 14.4 Å². The average molecular weight is 302 g/mol. The Morgan fingerprint density at radius 1 is 1.24 bits per heavy atom. The summed E-state index contributed by atoms with van der Waals surface area (Å²) in [5.74, 6) is -1.05. The Hall–Kier alpha value is -2.61. The van der Waals surface area contributed by atoms with Crippen LogP contribution in [0.3, 0.4) is 0 Å². The molecule has 0 fully saturated rings. The van der Waals surface area contributed by atoms with Gasteiger partial charge in [0.1, 0.15) is 4.88 Å². The molecule has 0 saturated carbocycles. The number of aromatic nitrogens is 2. The van der Waals surface area contributed by atoms with Gasteiger partial charge in [-0.05, 0) is 36.7 Å². The second kappa shape index (κ2) is 4.74. The van der Waals surface area contributed by atoms with Crippen molar-refractivity contribution in [3.05, 3.63) is 39.9 Å². The molecule has 0 saturated heterocycles. The molecule has 2 heterocycles. The first-order valence-electron chi connectivity index (χ1n) is 6.06. The van der Waals surface area contributed by atoms with Crippen molar-refractivity contribution in [3.8, 4) is 0 Å². The molecule has 0 atom stereocenters. The number of aryl methyl sites for hydroxylation is 1. The van der Waals surface area contributed by atoms with Gasteiger partial charge in [-0.3, -0.25) is 19.3 Å². The standard InChI is InChI=1S/C13H10N4O3S/c1-6-10(21-16-15-6)11(18)14-7-3-4-8-9(5-7)13(20)17(2)12(8)19/h3-5H,1-2H3,(H,14,18). The van der Waals surface area contributed by atoms with Gasteiger partial charge in [-0.15, -0.1) is 5.10 Å². The summed E-state index contributed by atoms with van der Waals surface area (Å²) < 4.78 is 3.70. The summed E-state index contributed by atoms with van der Waals surface area (Å²) in [4.78, 5) is 37.2. The van der Waals surface area contributed by atoms with E-state index in [1.807, 2.05) is 0 Å². The van der Waals surface area contributed by atoms with Crippen LogP contribution in [0.1, 0.15) is 36.1 Å². The Morgan fingerprint density at radius 2 is 1.95 bits per heavy atom. The molecule has 1 N–H and O–H groups in total. The molecule has 0 radical (unpaired) electrons. The molecule has 7 nitrogen and oxygen atoms in total. The summed E-state index contributed by atoms with van der Waals surface area (Å²) in [5.41, 5.74) is 1.63. The van der Waals surface area contributed by atoms with Crippen LogP contribution < -0.4 is 5.32 Å². The lowest BCUT2D eigenvalue weighted by molar-refractivity contribution is 0.0692. The molecule has 0 bridgehead atoms. The molecule has 0 aliphatic carbocycles. The minimum absolute atomic E-state index is 0.291. The lowest BCUT2D eigenvalue weighted by Crippen LogP contribution is -2.24. The summed E-state index contributed by atoms with van der Waals surface area (Å²) in [7, 11) is 1.43. The smallest absolute Gasteiger partial charge is 0.269 e. The van der Waals surface area contributed by atoms with E-state index in [9.17, 15) is 14.4 Å². The summed E-state index contributed by atoms with van der Waals surface area (Å²) in [5, 5.41) is 6.45. The number of imide groups is 1. The van der Waals surface area contributed by atoms with Crippen molar-refractivity contribution >= 4 is 34.9 Å². The van der Waals surface area contributed by atoms with Crippen LogP contribution in [0.5, 0.6) is 0 Å². The minimum atomic E-state index is -0.373. The molecule has 0 unspecified atom stereocenters. The molecule has 106 valence electrons. The zero-order valence-corrected chi connectivity index (χ0v) is 12.0. The van der Waals surface area contributed by atoms with Gasteiger partial charge >= 0.3 is 0 Å². The minimum Gasteiger partial charge on any atom is -0.321 e. The molecule has 1 aliphatic rings. The third-order valence-electron chi connectivity index (χ3n) is 3.21. The van der Waals surface area contributed by atoms with Crippen molar-refractivity contribution in [1.82, 2.24) is 14.5 Å². The van der Waals surface area contributed by atoms with Crippen LogP contribution in [0.2, 0.25) is 0 Å². The lowest BCUT2D eigenvalue weighted by atomic mass is 10.1. The first-order valence-corrected chi connectivity index (χ1v) is 6.83. The Labute approximate surface area is 123 Å². The van der Waals surface area contributed by atoms with E-state index in [0.717, 1.165) is 16.4 Å². The fraction of sp³-hybridized carbons (Fsp3) is 0.154. The average Bonchev–Trinajstić information content (AvgIpc) is 2.98. The van der Waals surface area contributed by atoms with Crippen molar-refractivity contribution in [1.29, 1.82) is 0 Å². The largest absolute Gasteiger partial charge is 0.321 e. The molecule has 3 rings (SSSR count). The Morgan fingerprint density at radius 3 is 2.62 bits per heavy atom. The van der Waals surface area contributed by atoms with E-state index >= 15 is 0 Å². The van der Waals surface area contributed by atoms with Gasteiger partial charge in [-0.25, -0.2) is 0 Å². The predicted molar refractivity (Wildman–Crippen MR) is 75.5 cm³/mol. The first-order chi connectivity index (χ1) is 9.99. The maximum atomic E-state index is 12.1. The normalized spacial score (nSPS) is 13.5. The van der Waals surface area contributed by atoms with E-state index in [1.54, 1.807) is 13.0 Å². The zero-order chi connectivity index (χ0) is 15.1. The number of rotatable bonds is 2. The highest BCUT2D eigenvalue weighted by Gasteiger charge is 2.32. The number of carbonyl (C=O) groups is 3. The lowest BCUT2D eigenvalue weighted by Gasteiger charge is -2.05. The molecule has 2 aromatic rings. The van der Waals surface area contributed by atoms with Crippen LogP contribution in [0.25, 0.3) is 0 Å². The first kappa shape index (κ1) is 13.4. The molecule has 0 spiro atoms. The predicted octanol–water partition coefficient (Wildman–Crippen LogP) is 1.32. The summed E-state index contributed by atoms with van der Waals surface area (Å²) >= 11 is 1.00. The Bertz CT molecular complexity index is 783. The van der Waals surface area contributed by atoms with E-state index in [-0.39, 0.29) is 17.7 Å². The highest BCUT2D eigenvalue weighted by atomic mass is 32.1. The van der Waals surface area contributed by atoms with E-state index in [0.29, 0.717) is 27.4 Å². The van der Waals surface area contributed by atoms with Gasteiger partial charge < -0.3 is 5.32 Å². The third kappa shape index (κ3) is 2.09. The second-order valence-corrected chi connectivity index (χ2v) is 5.33. The van der Waals surface area contributed by atoms with Crippen LogP contribution in [-0.4, -0.2) is 39.3 Å². The number of nitrogens with zero attached hydrogens (tertiary/aromatic N) is 3. The number of benzene rings is 1. The van der Waals surface area contributed by atoms with Gasteiger partial charge in [0, 0.05) is 12.7 Å². The van der Waals surface area contributed by atoms with Gasteiger partial charge in [0.15, 0.2) is 0 Å². The molecule has 1 aliphatic heterocycles. The third-order valence-corrected chi connectivity index (χ3v) is 4.03. The van der Waals surface area contributed by atoms with Crippen molar-refractivity contribution in [2.45, 2.75) is 6.92 Å². The fourth-order valence-corrected chi connectivity index (χ4v) is 2.62. The van der Waals surface area contributed by atoms with Crippen LogP contribution >= 0.6 is 11.5 Å². The number of fused-ring (bicyclic) bond motifs is 1. The summed E-state index contributed by atoms with van der Waals surface area (Å²) in [6.45, 7) is 1.69. The highest BCUT2D eigenvalue weighted by molar-refractivity contribution is 7.08. The molecule has 21 heavy (non-hydrogen) atoms. The van der Waals surface area contributed by atoms with E-state index < -0.39 is 0 Å². The molecule has 1 aromatic carbocycles. The maximum absolute atomic E-state index is 12.1. The van der Waals surface area contributed by atoms with E-state index in [4.69, 9.17) is 0 Å².